The normalized spacial score (nSPS) is 14.4. The molecule has 0 unspecified atom stereocenters. The number of carbonyl (C=O) groups excluding carboxylic acids is 2. The molecule has 0 bridgehead atoms. The molecule has 33 heavy (non-hydrogen) atoms. The average molecular weight is 450 g/mol. The molecule has 1 aliphatic heterocycles. The molecule has 7 nitrogen and oxygen atoms in total. The molecule has 1 aliphatic rings. The molecule has 1 N–H and O–H groups in total. The molecular formula is C26H27NO6. The summed E-state index contributed by atoms with van der Waals surface area (Å²) in [7, 11) is 0. The molecule has 3 rings (SSSR count). The second-order valence-corrected chi connectivity index (χ2v) is 7.47. The minimum Gasteiger partial charge on any atom is -0.478 e. The van der Waals surface area contributed by atoms with Gasteiger partial charge in [-0.3, -0.25) is 0 Å². The van der Waals surface area contributed by atoms with E-state index in [1.54, 1.807) is 44.7 Å². The Morgan fingerprint density at radius 1 is 0.818 bits per heavy atom. The second-order valence-electron chi connectivity index (χ2n) is 7.47. The zero-order chi connectivity index (χ0) is 24.1. The van der Waals surface area contributed by atoms with Crippen LogP contribution in [0.3, 0.4) is 0 Å². The minimum absolute atomic E-state index is 0.136. The van der Waals surface area contributed by atoms with Gasteiger partial charge in [-0.15, -0.1) is 0 Å². The highest BCUT2D eigenvalue weighted by Crippen LogP contribution is 2.44. The summed E-state index contributed by atoms with van der Waals surface area (Å²) in [5.41, 5.74) is 3.37. The number of rotatable bonds is 7. The van der Waals surface area contributed by atoms with E-state index in [1.807, 2.05) is 30.3 Å². The summed E-state index contributed by atoms with van der Waals surface area (Å²) in [6.45, 7) is 7.40. The van der Waals surface area contributed by atoms with Crippen LogP contribution in [0.25, 0.3) is 0 Å². The lowest BCUT2D eigenvalue weighted by molar-refractivity contribution is -0.139. The Morgan fingerprint density at radius 2 is 1.30 bits per heavy atom. The second kappa shape index (κ2) is 10.2. The van der Waals surface area contributed by atoms with Crippen LogP contribution < -0.4 is 4.90 Å². The Balaban J connectivity index is 2.28. The van der Waals surface area contributed by atoms with E-state index in [1.165, 1.54) is 12.1 Å². The summed E-state index contributed by atoms with van der Waals surface area (Å²) in [4.78, 5) is 39.4. The fraction of sp³-hybridized carbons (Fsp3) is 0.269. The highest BCUT2D eigenvalue weighted by atomic mass is 16.5. The minimum atomic E-state index is -1.04. The number of hydrogen-bond acceptors (Lipinski definition) is 6. The van der Waals surface area contributed by atoms with Crippen LogP contribution in [0.4, 0.5) is 5.69 Å². The third-order valence-corrected chi connectivity index (χ3v) is 5.52. The highest BCUT2D eigenvalue weighted by molar-refractivity contribution is 6.01. The molecule has 2 aromatic rings. The third kappa shape index (κ3) is 4.67. The van der Waals surface area contributed by atoms with Gasteiger partial charge in [0.05, 0.1) is 35.8 Å². The van der Waals surface area contributed by atoms with Crippen LogP contribution in [0.15, 0.2) is 77.1 Å². The van der Waals surface area contributed by atoms with Crippen LogP contribution in [0.5, 0.6) is 0 Å². The van der Waals surface area contributed by atoms with Crippen molar-refractivity contribution < 1.29 is 29.0 Å². The van der Waals surface area contributed by atoms with Gasteiger partial charge in [-0.25, -0.2) is 14.4 Å². The van der Waals surface area contributed by atoms with E-state index in [9.17, 15) is 19.5 Å². The molecule has 0 fully saturated rings. The van der Waals surface area contributed by atoms with Crippen molar-refractivity contribution in [2.75, 3.05) is 18.1 Å². The molecular weight excluding hydrogens is 422 g/mol. The maximum atomic E-state index is 13.2. The van der Waals surface area contributed by atoms with Gasteiger partial charge >= 0.3 is 17.9 Å². The largest absolute Gasteiger partial charge is 0.478 e. The number of benzene rings is 2. The van der Waals surface area contributed by atoms with Crippen molar-refractivity contribution >= 4 is 23.6 Å². The lowest BCUT2D eigenvalue weighted by Gasteiger charge is -2.38. The Bertz CT molecular complexity index is 1070. The summed E-state index contributed by atoms with van der Waals surface area (Å²) >= 11 is 0. The zero-order valence-corrected chi connectivity index (χ0v) is 19.1. The van der Waals surface area contributed by atoms with Gasteiger partial charge < -0.3 is 19.5 Å². The summed E-state index contributed by atoms with van der Waals surface area (Å²) in [5.74, 6) is -2.75. The molecule has 1 heterocycles. The number of ether oxygens (including phenoxy) is 2. The molecule has 172 valence electrons. The third-order valence-electron chi connectivity index (χ3n) is 5.52. The van der Waals surface area contributed by atoms with E-state index in [0.29, 0.717) is 28.2 Å². The first-order valence-electron chi connectivity index (χ1n) is 10.8. The van der Waals surface area contributed by atoms with Gasteiger partial charge in [0, 0.05) is 17.1 Å². The Labute approximate surface area is 192 Å². The smallest absolute Gasteiger partial charge is 0.336 e. The average Bonchev–Trinajstić information content (AvgIpc) is 2.79. The standard InChI is InChI=1S/C26H27NO6/c1-5-32-25(30)21-16(3)27(20-14-12-19(13-15-20)24(28)29)17(4)22(26(31)33-6-2)23(21)18-10-8-7-9-11-18/h7-15,23H,5-6H2,1-4H3,(H,28,29). The Kier molecular flexibility index (Phi) is 7.33. The number of carboxylic acids is 1. The van der Waals surface area contributed by atoms with E-state index in [-0.39, 0.29) is 18.8 Å². The van der Waals surface area contributed by atoms with Gasteiger partial charge in [-0.05, 0) is 57.5 Å². The van der Waals surface area contributed by atoms with Crippen LogP contribution in [-0.4, -0.2) is 36.2 Å². The van der Waals surface area contributed by atoms with E-state index in [2.05, 4.69) is 0 Å². The number of carbonyl (C=O) groups is 3. The van der Waals surface area contributed by atoms with Crippen molar-refractivity contribution in [3.63, 3.8) is 0 Å². The van der Waals surface area contributed by atoms with Gasteiger partial charge in [0.15, 0.2) is 0 Å². The summed E-state index contributed by atoms with van der Waals surface area (Å²) in [5, 5.41) is 9.24. The van der Waals surface area contributed by atoms with Crippen LogP contribution in [0, 0.1) is 0 Å². The number of anilines is 1. The van der Waals surface area contributed by atoms with Crippen molar-refractivity contribution in [1.82, 2.24) is 0 Å². The first kappa shape index (κ1) is 23.8. The number of nitrogens with zero attached hydrogens (tertiary/aromatic N) is 1. The SMILES string of the molecule is CCOC(=O)C1=C(C)N(c2ccc(C(=O)O)cc2)C(C)=C(C(=O)OCC)C1c1ccccc1. The van der Waals surface area contributed by atoms with Gasteiger partial charge in [0.2, 0.25) is 0 Å². The van der Waals surface area contributed by atoms with E-state index >= 15 is 0 Å². The van der Waals surface area contributed by atoms with Crippen molar-refractivity contribution in [2.24, 2.45) is 0 Å². The molecule has 0 radical (unpaired) electrons. The van der Waals surface area contributed by atoms with Crippen LogP contribution in [0.1, 0.15) is 49.5 Å². The number of aromatic carboxylic acids is 1. The van der Waals surface area contributed by atoms with Crippen LogP contribution in [-0.2, 0) is 19.1 Å². The van der Waals surface area contributed by atoms with Gasteiger partial charge in [0.1, 0.15) is 0 Å². The van der Waals surface area contributed by atoms with Gasteiger partial charge in [0.25, 0.3) is 0 Å². The van der Waals surface area contributed by atoms with Crippen molar-refractivity contribution in [3.05, 3.63) is 88.3 Å². The first-order valence-corrected chi connectivity index (χ1v) is 10.8. The monoisotopic (exact) mass is 449 g/mol. The maximum Gasteiger partial charge on any atom is 0.336 e. The Hall–Kier alpha value is -3.87. The maximum absolute atomic E-state index is 13.2. The molecule has 0 aromatic heterocycles. The summed E-state index contributed by atoms with van der Waals surface area (Å²) < 4.78 is 10.8. The summed E-state index contributed by atoms with van der Waals surface area (Å²) in [6, 6.07) is 15.5. The highest BCUT2D eigenvalue weighted by Gasteiger charge is 2.40. The van der Waals surface area contributed by atoms with E-state index in [0.717, 1.165) is 5.56 Å². The molecule has 0 aliphatic carbocycles. The first-order chi connectivity index (χ1) is 15.8. The van der Waals surface area contributed by atoms with E-state index < -0.39 is 23.8 Å². The molecule has 0 atom stereocenters. The molecule has 0 saturated heterocycles. The number of hydrogen-bond donors (Lipinski definition) is 1. The molecule has 0 amide bonds. The number of esters is 2. The van der Waals surface area contributed by atoms with Crippen LogP contribution in [0.2, 0.25) is 0 Å². The lowest BCUT2D eigenvalue weighted by Crippen LogP contribution is -2.35. The molecule has 2 aromatic carbocycles. The number of allylic oxidation sites excluding steroid dienone is 2. The van der Waals surface area contributed by atoms with Crippen LogP contribution >= 0.6 is 0 Å². The van der Waals surface area contributed by atoms with Gasteiger partial charge in [-0.2, -0.15) is 0 Å². The van der Waals surface area contributed by atoms with Crippen molar-refractivity contribution in [3.8, 4) is 0 Å². The summed E-state index contributed by atoms with van der Waals surface area (Å²) in [6.07, 6.45) is 0. The Morgan fingerprint density at radius 3 is 1.73 bits per heavy atom. The molecule has 0 spiro atoms. The van der Waals surface area contributed by atoms with Crippen molar-refractivity contribution in [2.45, 2.75) is 33.6 Å². The van der Waals surface area contributed by atoms with Crippen molar-refractivity contribution in [1.29, 1.82) is 0 Å². The fourth-order valence-electron chi connectivity index (χ4n) is 4.12. The topological polar surface area (TPSA) is 93.1 Å². The van der Waals surface area contributed by atoms with E-state index in [4.69, 9.17) is 9.47 Å². The predicted octanol–water partition coefficient (Wildman–Crippen LogP) is 4.66. The van der Waals surface area contributed by atoms with Gasteiger partial charge in [-0.1, -0.05) is 30.3 Å². The molecule has 0 saturated carbocycles. The molecule has 7 heteroatoms. The quantitative estimate of drug-likeness (QED) is 0.614. The lowest BCUT2D eigenvalue weighted by atomic mass is 9.79. The zero-order valence-electron chi connectivity index (χ0n) is 19.1. The number of carboxylic acid groups (broad SMARTS) is 1. The predicted molar refractivity (Wildman–Crippen MR) is 124 cm³/mol. The fourth-order valence-corrected chi connectivity index (χ4v) is 4.12.